The van der Waals surface area contributed by atoms with Crippen LogP contribution in [0.1, 0.15) is 16.8 Å². The summed E-state index contributed by atoms with van der Waals surface area (Å²) in [6.07, 6.45) is 0.245. The van der Waals surface area contributed by atoms with Gasteiger partial charge < -0.3 is 5.32 Å². The molecular formula is C20H21N3O3S2. The number of benzene rings is 2. The SMILES string of the molecule is Cc1ccc(S(=O)(=O)NC(Cc2ccccc2)C(=O)NCc2cscn2)cc1. The van der Waals surface area contributed by atoms with Crippen molar-refractivity contribution in [1.29, 1.82) is 0 Å². The first kappa shape index (κ1) is 20.2. The Morgan fingerprint density at radius 3 is 2.46 bits per heavy atom. The van der Waals surface area contributed by atoms with Crippen molar-refractivity contribution in [2.45, 2.75) is 30.8 Å². The van der Waals surface area contributed by atoms with Crippen molar-refractivity contribution in [2.75, 3.05) is 0 Å². The molecule has 1 amide bonds. The zero-order valence-corrected chi connectivity index (χ0v) is 17.0. The number of rotatable bonds is 8. The van der Waals surface area contributed by atoms with E-state index in [-0.39, 0.29) is 17.9 Å². The number of aromatic nitrogens is 1. The van der Waals surface area contributed by atoms with Crippen molar-refractivity contribution in [3.63, 3.8) is 0 Å². The lowest BCUT2D eigenvalue weighted by atomic mass is 10.1. The zero-order valence-electron chi connectivity index (χ0n) is 15.3. The topological polar surface area (TPSA) is 88.2 Å². The molecule has 1 aromatic heterocycles. The molecule has 28 heavy (non-hydrogen) atoms. The van der Waals surface area contributed by atoms with E-state index in [0.29, 0.717) is 0 Å². The molecule has 1 heterocycles. The molecule has 2 N–H and O–H groups in total. The van der Waals surface area contributed by atoms with E-state index in [2.05, 4.69) is 15.0 Å². The van der Waals surface area contributed by atoms with Gasteiger partial charge in [-0.2, -0.15) is 4.72 Å². The third-order valence-corrected chi connectivity index (χ3v) is 6.28. The molecule has 0 aliphatic carbocycles. The summed E-state index contributed by atoms with van der Waals surface area (Å²) in [6.45, 7) is 2.13. The molecule has 3 rings (SSSR count). The van der Waals surface area contributed by atoms with Crippen LogP contribution in [0.3, 0.4) is 0 Å². The van der Waals surface area contributed by atoms with Crippen molar-refractivity contribution in [3.05, 3.63) is 82.3 Å². The maximum absolute atomic E-state index is 12.8. The molecule has 0 aliphatic rings. The number of hydrogen-bond acceptors (Lipinski definition) is 5. The number of thiazole rings is 1. The molecule has 8 heteroatoms. The Labute approximate surface area is 168 Å². The van der Waals surface area contributed by atoms with E-state index in [1.165, 1.54) is 23.5 Å². The van der Waals surface area contributed by atoms with Gasteiger partial charge >= 0.3 is 0 Å². The Hall–Kier alpha value is -2.55. The first-order valence-corrected chi connectivity index (χ1v) is 11.1. The molecule has 146 valence electrons. The van der Waals surface area contributed by atoms with Gasteiger partial charge in [-0.1, -0.05) is 48.0 Å². The highest BCUT2D eigenvalue weighted by Gasteiger charge is 2.26. The van der Waals surface area contributed by atoms with Gasteiger partial charge in [0.2, 0.25) is 15.9 Å². The van der Waals surface area contributed by atoms with Crippen molar-refractivity contribution in [1.82, 2.24) is 15.0 Å². The van der Waals surface area contributed by atoms with Gasteiger partial charge in [0.15, 0.2) is 0 Å². The van der Waals surface area contributed by atoms with Crippen LogP contribution in [0.2, 0.25) is 0 Å². The van der Waals surface area contributed by atoms with Crippen LogP contribution in [0.4, 0.5) is 0 Å². The maximum atomic E-state index is 12.8. The lowest BCUT2D eigenvalue weighted by Crippen LogP contribution is -2.47. The molecule has 0 saturated carbocycles. The Morgan fingerprint density at radius 1 is 1.11 bits per heavy atom. The van der Waals surface area contributed by atoms with Crippen molar-refractivity contribution >= 4 is 27.3 Å². The van der Waals surface area contributed by atoms with E-state index >= 15 is 0 Å². The first-order chi connectivity index (χ1) is 13.4. The predicted molar refractivity (Wildman–Crippen MR) is 109 cm³/mol. The summed E-state index contributed by atoms with van der Waals surface area (Å²) >= 11 is 1.44. The van der Waals surface area contributed by atoms with Gasteiger partial charge in [-0.25, -0.2) is 13.4 Å². The Morgan fingerprint density at radius 2 is 1.82 bits per heavy atom. The predicted octanol–water partition coefficient (Wildman–Crippen LogP) is 2.66. The molecule has 0 saturated heterocycles. The van der Waals surface area contributed by atoms with Crippen LogP contribution < -0.4 is 10.0 Å². The van der Waals surface area contributed by atoms with Crippen molar-refractivity contribution in [2.24, 2.45) is 0 Å². The Bertz CT molecular complexity index is 1000. The average molecular weight is 416 g/mol. The van der Waals surface area contributed by atoms with Crippen LogP contribution in [-0.2, 0) is 27.8 Å². The van der Waals surface area contributed by atoms with Crippen LogP contribution in [-0.4, -0.2) is 25.4 Å². The molecule has 3 aromatic rings. The molecule has 2 aromatic carbocycles. The Balaban J connectivity index is 1.78. The van der Waals surface area contributed by atoms with Crippen LogP contribution in [0.25, 0.3) is 0 Å². The van der Waals surface area contributed by atoms with Crippen LogP contribution in [0.15, 0.2) is 70.4 Å². The summed E-state index contributed by atoms with van der Waals surface area (Å²) in [5.41, 5.74) is 4.24. The summed E-state index contributed by atoms with van der Waals surface area (Å²) in [5.74, 6) is -0.396. The van der Waals surface area contributed by atoms with Crippen molar-refractivity contribution in [3.8, 4) is 0 Å². The van der Waals surface area contributed by atoms with Crippen LogP contribution >= 0.6 is 11.3 Å². The van der Waals surface area contributed by atoms with Gasteiger partial charge in [0.1, 0.15) is 6.04 Å². The smallest absolute Gasteiger partial charge is 0.241 e. The average Bonchev–Trinajstić information content (AvgIpc) is 3.20. The normalized spacial score (nSPS) is 12.5. The fourth-order valence-corrected chi connectivity index (χ4v) is 4.39. The van der Waals surface area contributed by atoms with E-state index in [0.717, 1.165) is 16.8 Å². The van der Waals surface area contributed by atoms with Gasteiger partial charge in [-0.05, 0) is 31.0 Å². The molecule has 1 atom stereocenters. The van der Waals surface area contributed by atoms with E-state index in [1.54, 1.807) is 17.6 Å². The highest BCUT2D eigenvalue weighted by molar-refractivity contribution is 7.89. The summed E-state index contributed by atoms with van der Waals surface area (Å²) < 4.78 is 28.1. The van der Waals surface area contributed by atoms with Gasteiger partial charge in [0.25, 0.3) is 0 Å². The fourth-order valence-electron chi connectivity index (χ4n) is 2.64. The quantitative estimate of drug-likeness (QED) is 0.592. The molecule has 0 radical (unpaired) electrons. The number of amides is 1. The molecule has 1 unspecified atom stereocenters. The number of carbonyl (C=O) groups excluding carboxylic acids is 1. The van der Waals surface area contributed by atoms with Crippen LogP contribution in [0, 0.1) is 6.92 Å². The number of hydrogen-bond donors (Lipinski definition) is 2. The minimum Gasteiger partial charge on any atom is -0.349 e. The minimum atomic E-state index is -3.84. The number of aryl methyl sites for hydroxylation is 1. The van der Waals surface area contributed by atoms with Gasteiger partial charge in [0, 0.05) is 5.38 Å². The fraction of sp³-hybridized carbons (Fsp3) is 0.200. The highest BCUT2D eigenvalue weighted by Crippen LogP contribution is 2.13. The highest BCUT2D eigenvalue weighted by atomic mass is 32.2. The van der Waals surface area contributed by atoms with Crippen LogP contribution in [0.5, 0.6) is 0 Å². The van der Waals surface area contributed by atoms with E-state index in [9.17, 15) is 13.2 Å². The second kappa shape index (κ2) is 9.09. The standard InChI is InChI=1S/C20H21N3O3S2/c1-15-7-9-18(10-8-15)28(25,26)23-19(11-16-5-3-2-4-6-16)20(24)21-12-17-13-27-14-22-17/h2-10,13-14,19,23H,11-12H2,1H3,(H,21,24). The minimum absolute atomic E-state index is 0.128. The zero-order chi connectivity index (χ0) is 20.0. The van der Waals surface area contributed by atoms with E-state index in [1.807, 2.05) is 42.6 Å². The van der Waals surface area contributed by atoms with Crippen molar-refractivity contribution < 1.29 is 13.2 Å². The largest absolute Gasteiger partial charge is 0.349 e. The number of nitrogens with one attached hydrogen (secondary N) is 2. The summed E-state index contributed by atoms with van der Waals surface area (Å²) in [7, 11) is -3.84. The second-order valence-corrected chi connectivity index (χ2v) is 8.81. The molecule has 6 nitrogen and oxygen atoms in total. The molecule has 0 aliphatic heterocycles. The third kappa shape index (κ3) is 5.48. The first-order valence-electron chi connectivity index (χ1n) is 8.72. The van der Waals surface area contributed by atoms with Gasteiger partial charge in [0.05, 0.1) is 22.6 Å². The lowest BCUT2D eigenvalue weighted by Gasteiger charge is -2.18. The summed E-state index contributed by atoms with van der Waals surface area (Å²) in [6, 6.07) is 14.9. The maximum Gasteiger partial charge on any atom is 0.241 e. The monoisotopic (exact) mass is 415 g/mol. The van der Waals surface area contributed by atoms with Gasteiger partial charge in [-0.3, -0.25) is 4.79 Å². The second-order valence-electron chi connectivity index (χ2n) is 6.37. The lowest BCUT2D eigenvalue weighted by molar-refractivity contribution is -0.122. The van der Waals surface area contributed by atoms with E-state index < -0.39 is 22.0 Å². The summed E-state index contributed by atoms with van der Waals surface area (Å²) in [5, 5.41) is 4.60. The van der Waals surface area contributed by atoms with E-state index in [4.69, 9.17) is 0 Å². The number of nitrogens with zero attached hydrogens (tertiary/aromatic N) is 1. The molecule has 0 fully saturated rings. The molecular weight excluding hydrogens is 394 g/mol. The Kier molecular flexibility index (Phi) is 6.56. The third-order valence-electron chi connectivity index (χ3n) is 4.16. The molecule has 0 spiro atoms. The number of carbonyl (C=O) groups is 1. The number of sulfonamides is 1. The summed E-state index contributed by atoms with van der Waals surface area (Å²) in [4.78, 5) is 17.0. The molecule has 0 bridgehead atoms. The van der Waals surface area contributed by atoms with Gasteiger partial charge in [-0.15, -0.1) is 11.3 Å².